The molecule has 0 bridgehead atoms. The molecule has 2 nitrogen and oxygen atoms in total. The van der Waals surface area contributed by atoms with Gasteiger partial charge in [-0.1, -0.05) is 22.9 Å². The van der Waals surface area contributed by atoms with Gasteiger partial charge >= 0.3 is 0 Å². The van der Waals surface area contributed by atoms with E-state index in [1.165, 1.54) is 0 Å². The van der Waals surface area contributed by atoms with Gasteiger partial charge in [-0.2, -0.15) is 0 Å². The number of rotatable bonds is 5. The lowest BCUT2D eigenvalue weighted by Gasteiger charge is -2.21. The van der Waals surface area contributed by atoms with Crippen LogP contribution >= 0.6 is 27.5 Å². The first-order valence-corrected chi connectivity index (χ1v) is 7.04. The van der Waals surface area contributed by atoms with Gasteiger partial charge in [0.25, 0.3) is 5.91 Å². The van der Waals surface area contributed by atoms with Crippen LogP contribution in [0.2, 0.25) is 0 Å². The van der Waals surface area contributed by atoms with E-state index in [2.05, 4.69) is 22.9 Å². The number of alkyl halides is 1. The summed E-state index contributed by atoms with van der Waals surface area (Å²) in [4.78, 5) is 14.0. The van der Waals surface area contributed by atoms with E-state index in [-0.39, 0.29) is 5.91 Å². The van der Waals surface area contributed by atoms with Gasteiger partial charge in [0.15, 0.2) is 0 Å². The molecule has 0 aliphatic rings. The number of carbonyl (C=O) groups excluding carboxylic acids is 1. The highest BCUT2D eigenvalue weighted by Crippen LogP contribution is 2.18. The zero-order chi connectivity index (χ0) is 12.8. The third kappa shape index (κ3) is 4.00. The first-order valence-electron chi connectivity index (χ1n) is 5.71. The predicted octanol–water partition coefficient (Wildman–Crippen LogP) is 3.85. The molecule has 0 saturated heterocycles. The maximum atomic E-state index is 12.2. The van der Waals surface area contributed by atoms with Crippen molar-refractivity contribution in [3.05, 3.63) is 33.8 Å². The smallest absolute Gasteiger partial charge is 0.253 e. The van der Waals surface area contributed by atoms with Crippen molar-refractivity contribution in [2.45, 2.75) is 20.3 Å². The highest BCUT2D eigenvalue weighted by atomic mass is 79.9. The molecule has 0 saturated carbocycles. The highest BCUT2D eigenvalue weighted by molar-refractivity contribution is 9.10. The van der Waals surface area contributed by atoms with Crippen molar-refractivity contribution in [2.24, 2.45) is 0 Å². The van der Waals surface area contributed by atoms with Gasteiger partial charge in [0.1, 0.15) is 0 Å². The number of hydrogen-bond donors (Lipinski definition) is 0. The summed E-state index contributed by atoms with van der Waals surface area (Å²) in [7, 11) is 0. The second-order valence-corrected chi connectivity index (χ2v) is 5.18. The molecule has 17 heavy (non-hydrogen) atoms. The minimum atomic E-state index is 0.0584. The normalized spacial score (nSPS) is 10.4. The summed E-state index contributed by atoms with van der Waals surface area (Å²) in [5, 5.41) is 0. The lowest BCUT2D eigenvalue weighted by atomic mass is 10.1. The summed E-state index contributed by atoms with van der Waals surface area (Å²) in [5.41, 5.74) is 1.79. The molecule has 0 aromatic heterocycles. The molecule has 0 radical (unpaired) electrons. The van der Waals surface area contributed by atoms with Gasteiger partial charge in [0.2, 0.25) is 0 Å². The second kappa shape index (κ2) is 7.02. The average Bonchev–Trinajstić information content (AvgIpc) is 2.31. The van der Waals surface area contributed by atoms with Crippen LogP contribution in [0, 0.1) is 6.92 Å². The van der Waals surface area contributed by atoms with E-state index in [4.69, 9.17) is 11.6 Å². The molecule has 0 atom stereocenters. The van der Waals surface area contributed by atoms with Crippen molar-refractivity contribution in [2.75, 3.05) is 19.0 Å². The first kappa shape index (κ1) is 14.5. The van der Waals surface area contributed by atoms with E-state index >= 15 is 0 Å². The zero-order valence-corrected chi connectivity index (χ0v) is 12.5. The molecule has 1 aromatic rings. The highest BCUT2D eigenvalue weighted by Gasteiger charge is 2.14. The van der Waals surface area contributed by atoms with Crippen molar-refractivity contribution < 1.29 is 4.79 Å². The van der Waals surface area contributed by atoms with Crippen molar-refractivity contribution in [1.82, 2.24) is 4.90 Å². The number of amides is 1. The fourth-order valence-electron chi connectivity index (χ4n) is 1.65. The van der Waals surface area contributed by atoms with Gasteiger partial charge in [0.05, 0.1) is 0 Å². The third-order valence-electron chi connectivity index (χ3n) is 2.54. The van der Waals surface area contributed by atoms with Crippen molar-refractivity contribution in [3.63, 3.8) is 0 Å². The summed E-state index contributed by atoms with van der Waals surface area (Å²) in [5.74, 6) is 0.532. The molecule has 0 fully saturated rings. The fraction of sp³-hybridized carbons (Fsp3) is 0.462. The fourth-order valence-corrected chi connectivity index (χ4v) is 2.10. The molecule has 0 N–H and O–H groups in total. The summed E-state index contributed by atoms with van der Waals surface area (Å²) in [6.07, 6.45) is 0.943. The zero-order valence-electron chi connectivity index (χ0n) is 10.2. The van der Waals surface area contributed by atoms with Crippen molar-refractivity contribution in [3.8, 4) is 0 Å². The Morgan fingerprint density at radius 1 is 1.41 bits per heavy atom. The number of nitrogens with zero attached hydrogens (tertiary/aromatic N) is 1. The SMILES string of the molecule is CCCN(CCCl)C(=O)c1ccc(Br)c(C)c1. The molecule has 0 unspecified atom stereocenters. The Morgan fingerprint density at radius 3 is 2.65 bits per heavy atom. The quantitative estimate of drug-likeness (QED) is 0.755. The number of hydrogen-bond acceptors (Lipinski definition) is 1. The summed E-state index contributed by atoms with van der Waals surface area (Å²) in [6, 6.07) is 5.66. The number of carbonyl (C=O) groups is 1. The summed E-state index contributed by atoms with van der Waals surface area (Å²) < 4.78 is 1.02. The third-order valence-corrected chi connectivity index (χ3v) is 3.60. The van der Waals surface area contributed by atoms with E-state index in [0.717, 1.165) is 28.6 Å². The Morgan fingerprint density at radius 2 is 2.12 bits per heavy atom. The molecule has 1 aromatic carbocycles. The van der Waals surface area contributed by atoms with Crippen LogP contribution in [0.4, 0.5) is 0 Å². The molecule has 0 aliphatic carbocycles. The van der Waals surface area contributed by atoms with Crippen molar-refractivity contribution >= 4 is 33.4 Å². The van der Waals surface area contributed by atoms with Crippen molar-refractivity contribution in [1.29, 1.82) is 0 Å². The minimum Gasteiger partial charge on any atom is -0.337 e. The molecule has 4 heteroatoms. The van der Waals surface area contributed by atoms with E-state index in [0.29, 0.717) is 12.4 Å². The first-order chi connectivity index (χ1) is 8.10. The Kier molecular flexibility index (Phi) is 6.00. The van der Waals surface area contributed by atoms with E-state index < -0.39 is 0 Å². The lowest BCUT2D eigenvalue weighted by molar-refractivity contribution is 0.0765. The Balaban J connectivity index is 2.88. The van der Waals surface area contributed by atoms with Gasteiger partial charge in [-0.05, 0) is 37.1 Å². The van der Waals surface area contributed by atoms with E-state index in [9.17, 15) is 4.79 Å². The molecule has 1 amide bonds. The van der Waals surface area contributed by atoms with Crippen LogP contribution in [-0.2, 0) is 0 Å². The second-order valence-electron chi connectivity index (χ2n) is 3.95. The molecule has 0 aliphatic heterocycles. The molecule has 94 valence electrons. The van der Waals surface area contributed by atoms with Crippen LogP contribution in [0.5, 0.6) is 0 Å². The van der Waals surface area contributed by atoms with Crippen LogP contribution in [0.1, 0.15) is 29.3 Å². The minimum absolute atomic E-state index is 0.0584. The van der Waals surface area contributed by atoms with E-state index in [1.54, 1.807) is 4.90 Å². The standard InChI is InChI=1S/C13H17BrClNO/c1-3-7-16(8-6-15)13(17)11-4-5-12(14)10(2)9-11/h4-5,9H,3,6-8H2,1-2H3. The molecular weight excluding hydrogens is 302 g/mol. The van der Waals surface area contributed by atoms with Crippen LogP contribution in [0.25, 0.3) is 0 Å². The Hall–Kier alpha value is -0.540. The van der Waals surface area contributed by atoms with Gasteiger partial charge in [-0.25, -0.2) is 0 Å². The van der Waals surface area contributed by atoms with Gasteiger partial charge in [0, 0.05) is 29.0 Å². The Bertz CT molecular complexity index is 389. The average molecular weight is 319 g/mol. The monoisotopic (exact) mass is 317 g/mol. The van der Waals surface area contributed by atoms with Gasteiger partial charge < -0.3 is 4.90 Å². The topological polar surface area (TPSA) is 20.3 Å². The Labute approximate surface area is 116 Å². The number of halogens is 2. The lowest BCUT2D eigenvalue weighted by Crippen LogP contribution is -2.33. The molecule has 1 rings (SSSR count). The van der Waals surface area contributed by atoms with Gasteiger partial charge in [-0.3, -0.25) is 4.79 Å². The largest absolute Gasteiger partial charge is 0.337 e. The van der Waals surface area contributed by atoms with Crippen LogP contribution in [0.15, 0.2) is 22.7 Å². The molecule has 0 spiro atoms. The van der Waals surface area contributed by atoms with Gasteiger partial charge in [-0.15, -0.1) is 11.6 Å². The van der Waals surface area contributed by atoms with E-state index in [1.807, 2.05) is 25.1 Å². The summed E-state index contributed by atoms with van der Waals surface area (Å²) >= 11 is 9.15. The number of benzene rings is 1. The van der Waals surface area contributed by atoms with Crippen LogP contribution < -0.4 is 0 Å². The molecular formula is C13H17BrClNO. The maximum absolute atomic E-state index is 12.2. The molecule has 0 heterocycles. The number of aryl methyl sites for hydroxylation is 1. The van der Waals surface area contributed by atoms with Crippen LogP contribution in [0.3, 0.4) is 0 Å². The summed E-state index contributed by atoms with van der Waals surface area (Å²) in [6.45, 7) is 5.39. The maximum Gasteiger partial charge on any atom is 0.253 e. The van der Waals surface area contributed by atoms with Crippen LogP contribution in [-0.4, -0.2) is 29.8 Å². The predicted molar refractivity (Wildman–Crippen MR) is 75.8 cm³/mol.